The summed E-state index contributed by atoms with van der Waals surface area (Å²) in [5.74, 6) is 2.15. The predicted molar refractivity (Wildman–Crippen MR) is 72.8 cm³/mol. The van der Waals surface area contributed by atoms with E-state index in [2.05, 4.69) is 21.8 Å². The average Bonchev–Trinajstić information content (AvgIpc) is 2.38. The summed E-state index contributed by atoms with van der Waals surface area (Å²) in [7, 11) is 0. The van der Waals surface area contributed by atoms with Gasteiger partial charge >= 0.3 is 0 Å². The molecule has 1 aliphatic rings. The van der Waals surface area contributed by atoms with E-state index in [9.17, 15) is 4.79 Å². The van der Waals surface area contributed by atoms with Crippen LogP contribution in [0.3, 0.4) is 0 Å². The van der Waals surface area contributed by atoms with Gasteiger partial charge in [0.15, 0.2) is 0 Å². The molecule has 0 radical (unpaired) electrons. The smallest absolute Gasteiger partial charge is 0.252 e. The molecule has 1 fully saturated rings. The first-order valence-electron chi connectivity index (χ1n) is 6.71. The third-order valence-electron chi connectivity index (χ3n) is 3.72. The Bertz CT molecular complexity index is 447. The highest BCUT2D eigenvalue weighted by Crippen LogP contribution is 2.22. The molecule has 1 atom stereocenters. The van der Waals surface area contributed by atoms with E-state index >= 15 is 0 Å². The topological polar surface area (TPSA) is 75.0 Å². The quantitative estimate of drug-likeness (QED) is 0.835. The van der Waals surface area contributed by atoms with Crippen molar-refractivity contribution in [2.45, 2.75) is 39.2 Å². The van der Waals surface area contributed by atoms with E-state index in [1.54, 1.807) is 6.07 Å². The van der Waals surface area contributed by atoms with Gasteiger partial charge in [-0.15, -0.1) is 0 Å². The van der Waals surface area contributed by atoms with Crippen molar-refractivity contribution < 1.29 is 0 Å². The molecule has 5 nitrogen and oxygen atoms in total. The highest BCUT2D eigenvalue weighted by Gasteiger charge is 2.22. The van der Waals surface area contributed by atoms with E-state index in [0.29, 0.717) is 5.92 Å². The van der Waals surface area contributed by atoms with Crippen LogP contribution in [0.1, 0.15) is 32.5 Å². The zero-order chi connectivity index (χ0) is 13.1. The van der Waals surface area contributed by atoms with Crippen LogP contribution in [0.2, 0.25) is 0 Å². The van der Waals surface area contributed by atoms with Crippen LogP contribution in [-0.2, 0) is 6.42 Å². The van der Waals surface area contributed by atoms with Crippen LogP contribution in [-0.4, -0.2) is 29.1 Å². The van der Waals surface area contributed by atoms with Gasteiger partial charge in [-0.25, -0.2) is 4.98 Å². The normalized spacial score (nSPS) is 18.9. The highest BCUT2D eigenvalue weighted by atomic mass is 16.1. The third kappa shape index (κ3) is 2.90. The van der Waals surface area contributed by atoms with Crippen molar-refractivity contribution in [2.75, 3.05) is 18.0 Å². The molecule has 5 heteroatoms. The largest absolute Gasteiger partial charge is 0.356 e. The second kappa shape index (κ2) is 5.52. The summed E-state index contributed by atoms with van der Waals surface area (Å²) in [6.45, 7) is 5.93. The number of nitrogens with one attached hydrogen (secondary N) is 1. The minimum absolute atomic E-state index is 0.0637. The SMILES string of the molecule is CCc1nc(N2CCC(C(C)N)CC2)cc(=O)[nH]1. The molecule has 1 unspecified atom stereocenters. The number of hydrogen-bond donors (Lipinski definition) is 2. The van der Waals surface area contributed by atoms with Crippen LogP contribution in [0.5, 0.6) is 0 Å². The Morgan fingerprint density at radius 2 is 2.22 bits per heavy atom. The lowest BCUT2D eigenvalue weighted by molar-refractivity contribution is 0.353. The first-order valence-corrected chi connectivity index (χ1v) is 6.71. The van der Waals surface area contributed by atoms with Crippen molar-refractivity contribution in [2.24, 2.45) is 11.7 Å². The molecule has 2 heterocycles. The van der Waals surface area contributed by atoms with Crippen molar-refractivity contribution in [1.29, 1.82) is 0 Å². The van der Waals surface area contributed by atoms with Crippen LogP contribution in [0.25, 0.3) is 0 Å². The van der Waals surface area contributed by atoms with Crippen molar-refractivity contribution in [3.8, 4) is 0 Å². The van der Waals surface area contributed by atoms with Gasteiger partial charge in [-0.3, -0.25) is 4.79 Å². The number of aromatic amines is 1. The van der Waals surface area contributed by atoms with E-state index in [1.165, 1.54) is 0 Å². The number of piperidine rings is 1. The molecule has 1 aromatic heterocycles. The Morgan fingerprint density at radius 3 is 2.78 bits per heavy atom. The maximum Gasteiger partial charge on any atom is 0.252 e. The Balaban J connectivity index is 2.09. The lowest BCUT2D eigenvalue weighted by Gasteiger charge is -2.34. The fourth-order valence-electron chi connectivity index (χ4n) is 2.48. The van der Waals surface area contributed by atoms with Gasteiger partial charge in [-0.05, 0) is 25.7 Å². The van der Waals surface area contributed by atoms with Gasteiger partial charge in [0.05, 0.1) is 0 Å². The summed E-state index contributed by atoms with van der Waals surface area (Å²) in [6, 6.07) is 1.84. The standard InChI is InChI=1S/C13H22N4O/c1-3-11-15-12(8-13(18)16-11)17-6-4-10(5-7-17)9(2)14/h8-10H,3-7,14H2,1-2H3,(H,15,16,18). The van der Waals surface area contributed by atoms with Crippen LogP contribution < -0.4 is 16.2 Å². The Labute approximate surface area is 107 Å². The second-order valence-electron chi connectivity index (χ2n) is 5.09. The molecule has 1 aromatic rings. The molecule has 0 amide bonds. The highest BCUT2D eigenvalue weighted by molar-refractivity contribution is 5.37. The summed E-state index contributed by atoms with van der Waals surface area (Å²) >= 11 is 0. The van der Waals surface area contributed by atoms with Gasteiger partial charge in [0.1, 0.15) is 11.6 Å². The monoisotopic (exact) mass is 250 g/mol. The van der Waals surface area contributed by atoms with Crippen molar-refractivity contribution in [3.63, 3.8) is 0 Å². The number of hydrogen-bond acceptors (Lipinski definition) is 4. The van der Waals surface area contributed by atoms with Gasteiger partial charge in [0.25, 0.3) is 5.56 Å². The van der Waals surface area contributed by atoms with Crippen molar-refractivity contribution in [1.82, 2.24) is 9.97 Å². The molecule has 2 rings (SSSR count). The molecule has 0 aliphatic carbocycles. The summed E-state index contributed by atoms with van der Waals surface area (Å²) in [5.41, 5.74) is 5.87. The maximum absolute atomic E-state index is 11.5. The predicted octanol–water partition coefficient (Wildman–Crippen LogP) is 0.896. The van der Waals surface area contributed by atoms with Crippen LogP contribution in [0.4, 0.5) is 5.82 Å². The zero-order valence-corrected chi connectivity index (χ0v) is 11.1. The Kier molecular flexibility index (Phi) is 4.01. The summed E-state index contributed by atoms with van der Waals surface area (Å²) in [6.07, 6.45) is 2.90. The summed E-state index contributed by atoms with van der Waals surface area (Å²) < 4.78 is 0. The van der Waals surface area contributed by atoms with Crippen molar-refractivity contribution >= 4 is 5.82 Å². The van der Waals surface area contributed by atoms with Crippen LogP contribution >= 0.6 is 0 Å². The lowest BCUT2D eigenvalue weighted by Crippen LogP contribution is -2.40. The number of nitrogens with zero attached hydrogens (tertiary/aromatic N) is 2. The number of aromatic nitrogens is 2. The molecule has 1 saturated heterocycles. The van der Waals surface area contributed by atoms with E-state index in [-0.39, 0.29) is 11.6 Å². The molecule has 0 bridgehead atoms. The Hall–Kier alpha value is -1.36. The van der Waals surface area contributed by atoms with E-state index in [1.807, 2.05) is 6.92 Å². The fraction of sp³-hybridized carbons (Fsp3) is 0.692. The molecular weight excluding hydrogens is 228 g/mol. The second-order valence-corrected chi connectivity index (χ2v) is 5.09. The van der Waals surface area contributed by atoms with E-state index in [4.69, 9.17) is 5.73 Å². The van der Waals surface area contributed by atoms with Gasteiger partial charge in [0.2, 0.25) is 0 Å². The first-order chi connectivity index (χ1) is 8.60. The van der Waals surface area contributed by atoms with E-state index < -0.39 is 0 Å². The number of nitrogens with two attached hydrogens (primary N) is 1. The number of aryl methyl sites for hydroxylation is 1. The summed E-state index contributed by atoms with van der Waals surface area (Å²) in [4.78, 5) is 21.0. The minimum atomic E-state index is -0.0637. The summed E-state index contributed by atoms with van der Waals surface area (Å²) in [5, 5.41) is 0. The molecule has 1 aliphatic heterocycles. The third-order valence-corrected chi connectivity index (χ3v) is 3.72. The number of rotatable bonds is 3. The van der Waals surface area contributed by atoms with Crippen molar-refractivity contribution in [3.05, 3.63) is 22.2 Å². The van der Waals surface area contributed by atoms with Crippen LogP contribution in [0.15, 0.2) is 10.9 Å². The van der Waals surface area contributed by atoms with E-state index in [0.717, 1.165) is 44.0 Å². The molecule has 0 saturated carbocycles. The zero-order valence-electron chi connectivity index (χ0n) is 11.1. The number of anilines is 1. The van der Waals surface area contributed by atoms with Gasteiger partial charge < -0.3 is 15.6 Å². The van der Waals surface area contributed by atoms with Gasteiger partial charge in [0, 0.05) is 31.6 Å². The molecule has 0 spiro atoms. The maximum atomic E-state index is 11.5. The lowest BCUT2D eigenvalue weighted by atomic mass is 9.91. The first kappa shape index (κ1) is 13.1. The molecule has 18 heavy (non-hydrogen) atoms. The number of H-pyrrole nitrogens is 1. The minimum Gasteiger partial charge on any atom is -0.356 e. The van der Waals surface area contributed by atoms with Gasteiger partial charge in [-0.2, -0.15) is 0 Å². The Morgan fingerprint density at radius 1 is 1.56 bits per heavy atom. The fourth-order valence-corrected chi connectivity index (χ4v) is 2.48. The van der Waals surface area contributed by atoms with Gasteiger partial charge in [-0.1, -0.05) is 6.92 Å². The molecule has 100 valence electrons. The molecule has 0 aromatic carbocycles. The molecule has 3 N–H and O–H groups in total. The van der Waals surface area contributed by atoms with Crippen LogP contribution in [0, 0.1) is 5.92 Å². The average molecular weight is 250 g/mol. The molecular formula is C13H22N4O.